The largest absolute Gasteiger partial charge is 0.376 e. The van der Waals surface area contributed by atoms with Crippen LogP contribution in [0.4, 0.5) is 5.69 Å². The summed E-state index contributed by atoms with van der Waals surface area (Å²) in [6, 6.07) is 10.5. The molecule has 1 saturated heterocycles. The van der Waals surface area contributed by atoms with Crippen LogP contribution in [-0.4, -0.2) is 29.3 Å². The first-order valence-electron chi connectivity index (χ1n) is 8.39. The van der Waals surface area contributed by atoms with Crippen LogP contribution in [0.15, 0.2) is 35.7 Å². The maximum absolute atomic E-state index is 5.82. The molecule has 2 aromatic rings. The highest BCUT2D eigenvalue weighted by Crippen LogP contribution is 2.21. The smallest absolute Gasteiger partial charge is 0.173 e. The molecule has 3 rings (SSSR count). The number of anilines is 1. The predicted octanol–water partition coefficient (Wildman–Crippen LogP) is 4.74. The van der Waals surface area contributed by atoms with Crippen molar-refractivity contribution >= 4 is 34.4 Å². The summed E-state index contributed by atoms with van der Waals surface area (Å²) in [7, 11) is 0. The maximum atomic E-state index is 5.82. The number of rotatable bonds is 5. The molecular weight excluding hydrogens is 336 g/mol. The molecule has 24 heavy (non-hydrogen) atoms. The van der Waals surface area contributed by atoms with E-state index in [1.807, 2.05) is 0 Å². The van der Waals surface area contributed by atoms with E-state index in [4.69, 9.17) is 17.0 Å². The van der Waals surface area contributed by atoms with E-state index in [0.29, 0.717) is 0 Å². The van der Waals surface area contributed by atoms with Crippen molar-refractivity contribution in [3.8, 4) is 0 Å². The van der Waals surface area contributed by atoms with Crippen molar-refractivity contribution in [3.63, 3.8) is 0 Å². The Labute approximate surface area is 153 Å². The highest BCUT2D eigenvalue weighted by Gasteiger charge is 2.21. The van der Waals surface area contributed by atoms with Gasteiger partial charge in [-0.1, -0.05) is 18.2 Å². The van der Waals surface area contributed by atoms with Gasteiger partial charge in [0.15, 0.2) is 5.11 Å². The third-order valence-corrected chi connectivity index (χ3v) is 5.73. The highest BCUT2D eigenvalue weighted by molar-refractivity contribution is 7.80. The van der Waals surface area contributed by atoms with Gasteiger partial charge in [-0.25, -0.2) is 0 Å². The molecular formula is C19H24N2OS2. The molecule has 3 nitrogen and oxygen atoms in total. The van der Waals surface area contributed by atoms with Crippen molar-refractivity contribution in [2.45, 2.75) is 39.3 Å². The van der Waals surface area contributed by atoms with Crippen LogP contribution in [0, 0.1) is 13.8 Å². The average Bonchev–Trinajstić information content (AvgIpc) is 3.25. The van der Waals surface area contributed by atoms with E-state index in [1.165, 1.54) is 16.0 Å². The van der Waals surface area contributed by atoms with Crippen molar-refractivity contribution in [1.29, 1.82) is 0 Å². The van der Waals surface area contributed by atoms with Crippen molar-refractivity contribution in [2.24, 2.45) is 0 Å². The molecule has 1 aromatic heterocycles. The summed E-state index contributed by atoms with van der Waals surface area (Å²) in [6.45, 7) is 6.79. The first kappa shape index (κ1) is 17.4. The number of hydrogen-bond donors (Lipinski definition) is 1. The zero-order valence-electron chi connectivity index (χ0n) is 14.2. The molecule has 0 bridgehead atoms. The highest BCUT2D eigenvalue weighted by atomic mass is 32.1. The zero-order valence-corrected chi connectivity index (χ0v) is 15.9. The lowest BCUT2D eigenvalue weighted by Crippen LogP contribution is -2.39. The van der Waals surface area contributed by atoms with Crippen LogP contribution >= 0.6 is 23.6 Å². The molecule has 1 N–H and O–H groups in total. The molecule has 1 aliphatic rings. The summed E-state index contributed by atoms with van der Waals surface area (Å²) in [5, 5.41) is 6.33. The van der Waals surface area contributed by atoms with Gasteiger partial charge in [-0.2, -0.15) is 0 Å². The summed E-state index contributed by atoms with van der Waals surface area (Å²) in [6.07, 6.45) is 2.55. The number of nitrogens with one attached hydrogen (secondary N) is 1. The number of thiophene rings is 1. The van der Waals surface area contributed by atoms with Gasteiger partial charge in [-0.05, 0) is 67.5 Å². The Kier molecular flexibility index (Phi) is 5.87. The first-order valence-corrected chi connectivity index (χ1v) is 9.68. The molecule has 2 heterocycles. The van der Waals surface area contributed by atoms with E-state index < -0.39 is 0 Å². The van der Waals surface area contributed by atoms with Crippen LogP contribution in [0.1, 0.15) is 28.8 Å². The summed E-state index contributed by atoms with van der Waals surface area (Å²) in [5.41, 5.74) is 3.60. The van der Waals surface area contributed by atoms with E-state index >= 15 is 0 Å². The fraction of sp³-hybridized carbons (Fsp3) is 0.421. The van der Waals surface area contributed by atoms with Crippen molar-refractivity contribution in [2.75, 3.05) is 18.5 Å². The minimum Gasteiger partial charge on any atom is -0.376 e. The zero-order chi connectivity index (χ0) is 16.9. The molecule has 1 aromatic carbocycles. The number of hydrogen-bond acceptors (Lipinski definition) is 3. The predicted molar refractivity (Wildman–Crippen MR) is 106 cm³/mol. The molecule has 1 fully saturated rings. The van der Waals surface area contributed by atoms with Crippen LogP contribution in [-0.2, 0) is 11.3 Å². The number of aryl methyl sites for hydroxylation is 1. The molecule has 0 aliphatic carbocycles. The molecule has 0 amide bonds. The SMILES string of the molecule is Cc1cccc(NC(=S)N(Cc2cccs2)C[C@@H]2CCCO2)c1C. The second-order valence-corrected chi connectivity index (χ2v) is 7.69. The monoisotopic (exact) mass is 360 g/mol. The molecule has 0 spiro atoms. The third-order valence-electron chi connectivity index (χ3n) is 4.51. The lowest BCUT2D eigenvalue weighted by molar-refractivity contribution is 0.0907. The lowest BCUT2D eigenvalue weighted by atomic mass is 10.1. The third kappa shape index (κ3) is 4.35. The fourth-order valence-electron chi connectivity index (χ4n) is 2.92. The Bertz CT molecular complexity index is 679. The van der Waals surface area contributed by atoms with Crippen LogP contribution in [0.5, 0.6) is 0 Å². The second-order valence-electron chi connectivity index (χ2n) is 6.27. The Morgan fingerprint density at radius 1 is 1.33 bits per heavy atom. The molecule has 128 valence electrons. The van der Waals surface area contributed by atoms with Crippen LogP contribution in [0.25, 0.3) is 0 Å². The van der Waals surface area contributed by atoms with Crippen LogP contribution < -0.4 is 5.32 Å². The van der Waals surface area contributed by atoms with Gasteiger partial charge in [0.05, 0.1) is 12.6 Å². The quantitative estimate of drug-likeness (QED) is 0.778. The fourth-order valence-corrected chi connectivity index (χ4v) is 3.89. The summed E-state index contributed by atoms with van der Waals surface area (Å²) in [5.74, 6) is 0. The normalized spacial score (nSPS) is 17.0. The number of nitrogens with zero attached hydrogens (tertiary/aromatic N) is 1. The van der Waals surface area contributed by atoms with Crippen molar-refractivity contribution < 1.29 is 4.74 Å². The molecule has 0 radical (unpaired) electrons. The molecule has 5 heteroatoms. The van der Waals surface area contributed by atoms with Gasteiger partial charge in [-0.3, -0.25) is 0 Å². The minimum atomic E-state index is 0.281. The van der Waals surface area contributed by atoms with Gasteiger partial charge in [-0.15, -0.1) is 11.3 Å². The van der Waals surface area contributed by atoms with Gasteiger partial charge in [0.2, 0.25) is 0 Å². The van der Waals surface area contributed by atoms with Crippen LogP contribution in [0.3, 0.4) is 0 Å². The topological polar surface area (TPSA) is 24.5 Å². The van der Waals surface area contributed by atoms with E-state index in [2.05, 4.69) is 59.8 Å². The van der Waals surface area contributed by atoms with E-state index in [1.54, 1.807) is 11.3 Å². The molecule has 0 saturated carbocycles. The Hall–Kier alpha value is -1.43. The van der Waals surface area contributed by atoms with Gasteiger partial charge < -0.3 is 15.0 Å². The number of benzene rings is 1. The minimum absolute atomic E-state index is 0.281. The van der Waals surface area contributed by atoms with Gasteiger partial charge in [0, 0.05) is 23.7 Å². The molecule has 1 atom stereocenters. The number of thiocarbonyl (C=S) groups is 1. The van der Waals surface area contributed by atoms with Crippen molar-refractivity contribution in [3.05, 3.63) is 51.7 Å². The Morgan fingerprint density at radius 3 is 2.92 bits per heavy atom. The molecule has 1 aliphatic heterocycles. The summed E-state index contributed by atoms with van der Waals surface area (Å²) in [4.78, 5) is 3.55. The maximum Gasteiger partial charge on any atom is 0.173 e. The van der Waals surface area contributed by atoms with Gasteiger partial charge >= 0.3 is 0 Å². The van der Waals surface area contributed by atoms with E-state index in [0.717, 1.165) is 43.3 Å². The van der Waals surface area contributed by atoms with E-state index in [-0.39, 0.29) is 6.10 Å². The Morgan fingerprint density at radius 2 is 2.21 bits per heavy atom. The van der Waals surface area contributed by atoms with Gasteiger partial charge in [0.25, 0.3) is 0 Å². The standard InChI is InChI=1S/C19H24N2OS2/c1-14-6-3-9-18(15(14)2)20-19(23)21(12-16-7-4-10-22-16)13-17-8-5-11-24-17/h3,5-6,8-9,11,16H,4,7,10,12-13H2,1-2H3,(H,20,23)/t16-/m0/s1. The summed E-state index contributed by atoms with van der Waals surface area (Å²) < 4.78 is 5.82. The van der Waals surface area contributed by atoms with Gasteiger partial charge in [0.1, 0.15) is 0 Å². The lowest BCUT2D eigenvalue weighted by Gasteiger charge is -2.28. The summed E-state index contributed by atoms with van der Waals surface area (Å²) >= 11 is 7.50. The first-order chi connectivity index (χ1) is 11.6. The average molecular weight is 361 g/mol. The second kappa shape index (κ2) is 8.10. The Balaban J connectivity index is 1.72. The molecule has 0 unspecified atom stereocenters. The van der Waals surface area contributed by atoms with E-state index in [9.17, 15) is 0 Å². The number of ether oxygens (including phenoxy) is 1. The van der Waals surface area contributed by atoms with Crippen molar-refractivity contribution in [1.82, 2.24) is 4.90 Å². The van der Waals surface area contributed by atoms with Crippen LogP contribution in [0.2, 0.25) is 0 Å².